The van der Waals surface area contributed by atoms with E-state index < -0.39 is 30.9 Å². The maximum Gasteiger partial charge on any atom is 0.255 e. The second kappa shape index (κ2) is 7.34. The third-order valence-electron chi connectivity index (χ3n) is 3.37. The van der Waals surface area contributed by atoms with Crippen LogP contribution >= 0.6 is 0 Å². The zero-order chi connectivity index (χ0) is 15.2. The number of oxime groups is 1. The standard InChI is InChI=1S/C11H19F2N3O4/c12-8(13)7-16(3-4-17)10(18)11(9(14)15-19)1-5-20-6-2-11/h8,17,19H,1-7H2,(H2,14,15). The van der Waals surface area contributed by atoms with E-state index in [9.17, 15) is 13.6 Å². The van der Waals surface area contributed by atoms with E-state index in [-0.39, 0.29) is 38.4 Å². The highest BCUT2D eigenvalue weighted by atomic mass is 19.3. The highest BCUT2D eigenvalue weighted by molar-refractivity contribution is 6.06. The lowest BCUT2D eigenvalue weighted by Gasteiger charge is -2.38. The summed E-state index contributed by atoms with van der Waals surface area (Å²) in [4.78, 5) is 13.3. The number of amides is 1. The number of aliphatic hydroxyl groups excluding tert-OH is 1. The van der Waals surface area contributed by atoms with Crippen LogP contribution in [-0.2, 0) is 9.53 Å². The SMILES string of the molecule is NC(=NO)C1(C(=O)N(CCO)CC(F)F)CCOCC1. The molecule has 20 heavy (non-hydrogen) atoms. The van der Waals surface area contributed by atoms with Crippen molar-refractivity contribution in [3.05, 3.63) is 0 Å². The summed E-state index contributed by atoms with van der Waals surface area (Å²) >= 11 is 0. The Morgan fingerprint density at radius 1 is 1.45 bits per heavy atom. The first kappa shape index (κ1) is 16.6. The maximum atomic E-state index is 12.5. The van der Waals surface area contributed by atoms with Crippen molar-refractivity contribution in [1.29, 1.82) is 0 Å². The van der Waals surface area contributed by atoms with Crippen LogP contribution in [0.15, 0.2) is 5.16 Å². The summed E-state index contributed by atoms with van der Waals surface area (Å²) < 4.78 is 30.2. The van der Waals surface area contributed by atoms with Gasteiger partial charge in [-0.15, -0.1) is 0 Å². The molecule has 0 saturated carbocycles. The van der Waals surface area contributed by atoms with Crippen LogP contribution in [0.2, 0.25) is 0 Å². The van der Waals surface area contributed by atoms with E-state index in [4.69, 9.17) is 20.8 Å². The third kappa shape index (κ3) is 3.54. The van der Waals surface area contributed by atoms with Gasteiger partial charge >= 0.3 is 0 Å². The van der Waals surface area contributed by atoms with Crippen LogP contribution in [0.5, 0.6) is 0 Å². The molecule has 1 heterocycles. The average Bonchev–Trinajstić information content (AvgIpc) is 2.45. The Hall–Kier alpha value is -1.48. The molecule has 0 aromatic rings. The van der Waals surface area contributed by atoms with E-state index in [1.807, 2.05) is 0 Å². The van der Waals surface area contributed by atoms with Gasteiger partial charge < -0.3 is 25.7 Å². The van der Waals surface area contributed by atoms with Crippen molar-refractivity contribution in [3.63, 3.8) is 0 Å². The summed E-state index contributed by atoms with van der Waals surface area (Å²) in [5.74, 6) is -0.992. The molecule has 0 spiro atoms. The number of ether oxygens (including phenoxy) is 1. The van der Waals surface area contributed by atoms with Gasteiger partial charge in [0.2, 0.25) is 5.91 Å². The van der Waals surface area contributed by atoms with Gasteiger partial charge in [-0.1, -0.05) is 5.16 Å². The van der Waals surface area contributed by atoms with Gasteiger partial charge in [-0.2, -0.15) is 0 Å². The molecule has 7 nitrogen and oxygen atoms in total. The summed E-state index contributed by atoms with van der Waals surface area (Å²) in [5, 5.41) is 20.6. The van der Waals surface area contributed by atoms with Crippen LogP contribution in [0.25, 0.3) is 0 Å². The largest absolute Gasteiger partial charge is 0.409 e. The van der Waals surface area contributed by atoms with Crippen LogP contribution in [0.3, 0.4) is 0 Å². The van der Waals surface area contributed by atoms with E-state index in [0.29, 0.717) is 0 Å². The van der Waals surface area contributed by atoms with E-state index in [2.05, 4.69) is 5.16 Å². The van der Waals surface area contributed by atoms with Crippen molar-refractivity contribution in [2.45, 2.75) is 19.3 Å². The monoisotopic (exact) mass is 295 g/mol. The fourth-order valence-corrected chi connectivity index (χ4v) is 2.26. The molecule has 1 aliphatic heterocycles. The highest BCUT2D eigenvalue weighted by Crippen LogP contribution is 2.33. The molecular formula is C11H19F2N3O4. The Kier molecular flexibility index (Phi) is 6.08. The lowest BCUT2D eigenvalue weighted by atomic mass is 9.77. The van der Waals surface area contributed by atoms with Gasteiger partial charge in [0.25, 0.3) is 6.43 Å². The molecule has 116 valence electrons. The second-order valence-electron chi connectivity index (χ2n) is 4.55. The molecule has 0 aliphatic carbocycles. The molecule has 1 amide bonds. The van der Waals surface area contributed by atoms with Gasteiger partial charge in [0, 0.05) is 19.8 Å². The molecular weight excluding hydrogens is 276 g/mol. The van der Waals surface area contributed by atoms with Crippen molar-refractivity contribution in [1.82, 2.24) is 4.90 Å². The Morgan fingerprint density at radius 3 is 2.50 bits per heavy atom. The molecule has 1 rings (SSSR count). The van der Waals surface area contributed by atoms with Gasteiger partial charge in [0.05, 0.1) is 13.2 Å². The van der Waals surface area contributed by atoms with Crippen LogP contribution in [0, 0.1) is 5.41 Å². The quantitative estimate of drug-likeness (QED) is 0.268. The minimum atomic E-state index is -2.73. The van der Waals surface area contributed by atoms with Crippen molar-refractivity contribution in [3.8, 4) is 0 Å². The fourth-order valence-electron chi connectivity index (χ4n) is 2.26. The highest BCUT2D eigenvalue weighted by Gasteiger charge is 2.46. The number of rotatable bonds is 6. The van der Waals surface area contributed by atoms with Crippen LogP contribution in [0.4, 0.5) is 8.78 Å². The smallest absolute Gasteiger partial charge is 0.255 e. The van der Waals surface area contributed by atoms with E-state index in [1.54, 1.807) is 0 Å². The number of hydrogen-bond donors (Lipinski definition) is 3. The molecule has 4 N–H and O–H groups in total. The summed E-state index contributed by atoms with van der Waals surface area (Å²) in [6.45, 7) is -1.06. The number of carbonyl (C=O) groups is 1. The molecule has 1 aliphatic rings. The number of nitrogens with two attached hydrogens (primary N) is 1. The zero-order valence-corrected chi connectivity index (χ0v) is 11.0. The number of hydrogen-bond acceptors (Lipinski definition) is 5. The Balaban J connectivity index is 3.01. The van der Waals surface area contributed by atoms with E-state index in [1.165, 1.54) is 0 Å². The summed E-state index contributed by atoms with van der Waals surface area (Å²) in [7, 11) is 0. The number of nitrogens with zero attached hydrogens (tertiary/aromatic N) is 2. The molecule has 1 fully saturated rings. The predicted molar refractivity (Wildman–Crippen MR) is 65.6 cm³/mol. The Morgan fingerprint density at radius 2 is 2.05 bits per heavy atom. The lowest BCUT2D eigenvalue weighted by Crippen LogP contribution is -2.55. The molecule has 0 aromatic carbocycles. The normalized spacial score (nSPS) is 19.1. The van der Waals surface area contributed by atoms with Crippen molar-refractivity contribution >= 4 is 11.7 Å². The molecule has 0 bridgehead atoms. The van der Waals surface area contributed by atoms with Gasteiger partial charge in [-0.25, -0.2) is 8.78 Å². The van der Waals surface area contributed by atoms with Crippen LogP contribution < -0.4 is 5.73 Å². The Labute approximate surface area is 115 Å². The van der Waals surface area contributed by atoms with Gasteiger partial charge in [0.1, 0.15) is 5.41 Å². The first-order valence-electron chi connectivity index (χ1n) is 6.22. The first-order valence-corrected chi connectivity index (χ1v) is 6.22. The van der Waals surface area contributed by atoms with E-state index >= 15 is 0 Å². The predicted octanol–water partition coefficient (Wildman–Crippen LogP) is -0.384. The third-order valence-corrected chi connectivity index (χ3v) is 3.37. The second-order valence-corrected chi connectivity index (χ2v) is 4.55. The summed E-state index contributed by atoms with van der Waals surface area (Å²) in [6.07, 6.45) is -2.44. The van der Waals surface area contributed by atoms with Crippen LogP contribution in [0.1, 0.15) is 12.8 Å². The number of aliphatic hydroxyl groups is 1. The number of halogens is 2. The van der Waals surface area contributed by atoms with Gasteiger partial charge in [-0.05, 0) is 12.8 Å². The summed E-state index contributed by atoms with van der Waals surface area (Å²) in [6, 6.07) is 0. The number of alkyl halides is 2. The minimum absolute atomic E-state index is 0.146. The molecule has 1 saturated heterocycles. The van der Waals surface area contributed by atoms with Crippen LogP contribution in [-0.4, -0.2) is 66.3 Å². The minimum Gasteiger partial charge on any atom is -0.409 e. The number of carbonyl (C=O) groups excluding carboxylic acids is 1. The van der Waals surface area contributed by atoms with Crippen molar-refractivity contribution < 1.29 is 28.6 Å². The maximum absolute atomic E-state index is 12.5. The topological polar surface area (TPSA) is 108 Å². The zero-order valence-electron chi connectivity index (χ0n) is 11.0. The molecule has 0 unspecified atom stereocenters. The van der Waals surface area contributed by atoms with Gasteiger partial charge in [-0.3, -0.25) is 4.79 Å². The lowest BCUT2D eigenvalue weighted by molar-refractivity contribution is -0.145. The van der Waals surface area contributed by atoms with Crippen molar-refractivity contribution in [2.75, 3.05) is 32.9 Å². The van der Waals surface area contributed by atoms with E-state index in [0.717, 1.165) is 4.90 Å². The molecule has 0 radical (unpaired) electrons. The summed E-state index contributed by atoms with van der Waals surface area (Å²) in [5.41, 5.74) is 4.25. The Bertz CT molecular complexity index is 360. The number of amidine groups is 1. The first-order chi connectivity index (χ1) is 9.47. The average molecular weight is 295 g/mol. The molecule has 9 heteroatoms. The van der Waals surface area contributed by atoms with Gasteiger partial charge in [0.15, 0.2) is 5.84 Å². The van der Waals surface area contributed by atoms with Crippen molar-refractivity contribution in [2.24, 2.45) is 16.3 Å². The fraction of sp³-hybridized carbons (Fsp3) is 0.818. The molecule has 0 aromatic heterocycles. The molecule has 0 atom stereocenters.